The molecular weight excluding hydrogens is 400 g/mol. The molecule has 1 amide bonds. The van der Waals surface area contributed by atoms with E-state index in [-0.39, 0.29) is 36.4 Å². The number of anilines is 1. The van der Waals surface area contributed by atoms with Crippen molar-refractivity contribution in [1.82, 2.24) is 0 Å². The SMILES string of the molecule is CCOC(=O)c1c(NC(=O)C[NH2+][C@H](C)c2ccc(Cl)cc2)sc(C(C)=O)c1C. The Hall–Kier alpha value is -2.22. The molecule has 1 atom stereocenters. The van der Waals surface area contributed by atoms with Crippen LogP contribution in [-0.4, -0.2) is 30.8 Å². The third-order valence-electron chi connectivity index (χ3n) is 4.25. The lowest BCUT2D eigenvalue weighted by atomic mass is 10.1. The van der Waals surface area contributed by atoms with Gasteiger partial charge in [0.2, 0.25) is 0 Å². The summed E-state index contributed by atoms with van der Waals surface area (Å²) < 4.78 is 5.08. The lowest BCUT2D eigenvalue weighted by molar-refractivity contribution is -0.682. The summed E-state index contributed by atoms with van der Waals surface area (Å²) in [5.74, 6) is -0.961. The quantitative estimate of drug-likeness (QED) is 0.503. The molecule has 2 rings (SSSR count). The van der Waals surface area contributed by atoms with Crippen LogP contribution in [0.4, 0.5) is 5.00 Å². The summed E-state index contributed by atoms with van der Waals surface area (Å²) in [5, 5.41) is 5.65. The molecule has 0 saturated carbocycles. The van der Waals surface area contributed by atoms with Gasteiger partial charge in [0.15, 0.2) is 12.3 Å². The molecule has 0 radical (unpaired) electrons. The standard InChI is InChI=1S/C20H23ClN2O4S/c1-5-27-20(26)17-11(2)18(13(4)24)28-19(17)23-16(25)10-22-12(3)14-6-8-15(21)9-7-14/h6-9,12,22H,5,10H2,1-4H3,(H,23,25)/p+1/t12-/m1/s1. The lowest BCUT2D eigenvalue weighted by Crippen LogP contribution is -2.86. The number of amides is 1. The van der Waals surface area contributed by atoms with Gasteiger partial charge in [0, 0.05) is 10.6 Å². The van der Waals surface area contributed by atoms with Crippen LogP contribution in [-0.2, 0) is 9.53 Å². The van der Waals surface area contributed by atoms with Gasteiger partial charge in [-0.2, -0.15) is 0 Å². The van der Waals surface area contributed by atoms with Crippen molar-refractivity contribution in [3.8, 4) is 0 Å². The van der Waals surface area contributed by atoms with E-state index < -0.39 is 5.97 Å². The number of quaternary nitrogens is 1. The highest BCUT2D eigenvalue weighted by atomic mass is 35.5. The Balaban J connectivity index is 2.10. The van der Waals surface area contributed by atoms with Crippen LogP contribution >= 0.6 is 22.9 Å². The molecule has 1 aromatic heterocycles. The molecule has 0 aliphatic carbocycles. The molecule has 8 heteroatoms. The van der Waals surface area contributed by atoms with Crippen molar-refractivity contribution in [3.05, 3.63) is 50.9 Å². The van der Waals surface area contributed by atoms with Crippen molar-refractivity contribution in [3.63, 3.8) is 0 Å². The van der Waals surface area contributed by atoms with Gasteiger partial charge in [-0.1, -0.05) is 23.7 Å². The number of benzene rings is 1. The molecule has 28 heavy (non-hydrogen) atoms. The molecule has 6 nitrogen and oxygen atoms in total. The number of hydrogen-bond donors (Lipinski definition) is 2. The van der Waals surface area contributed by atoms with Gasteiger partial charge >= 0.3 is 5.97 Å². The molecule has 0 bridgehead atoms. The zero-order chi connectivity index (χ0) is 20.8. The van der Waals surface area contributed by atoms with Crippen molar-refractivity contribution in [2.45, 2.75) is 33.7 Å². The summed E-state index contributed by atoms with van der Waals surface area (Å²) >= 11 is 7.00. The van der Waals surface area contributed by atoms with Gasteiger partial charge < -0.3 is 15.4 Å². The Labute approximate surface area is 173 Å². The van der Waals surface area contributed by atoms with Gasteiger partial charge in [0.25, 0.3) is 5.91 Å². The second-order valence-electron chi connectivity index (χ2n) is 6.37. The lowest BCUT2D eigenvalue weighted by Gasteiger charge is -2.11. The summed E-state index contributed by atoms with van der Waals surface area (Å²) in [7, 11) is 0. The summed E-state index contributed by atoms with van der Waals surface area (Å²) in [4.78, 5) is 37.0. The predicted octanol–water partition coefficient (Wildman–Crippen LogP) is 3.35. The van der Waals surface area contributed by atoms with E-state index in [4.69, 9.17) is 16.3 Å². The topological polar surface area (TPSA) is 89.1 Å². The molecule has 150 valence electrons. The van der Waals surface area contributed by atoms with Gasteiger partial charge in [-0.05, 0) is 45.4 Å². The van der Waals surface area contributed by atoms with Gasteiger partial charge in [0.05, 0.1) is 17.0 Å². The zero-order valence-corrected chi connectivity index (χ0v) is 17.9. The second kappa shape index (κ2) is 9.82. The van der Waals surface area contributed by atoms with Crippen LogP contribution in [0.2, 0.25) is 5.02 Å². The van der Waals surface area contributed by atoms with E-state index in [2.05, 4.69) is 5.32 Å². The van der Waals surface area contributed by atoms with Crippen molar-refractivity contribution in [2.75, 3.05) is 18.5 Å². The van der Waals surface area contributed by atoms with E-state index >= 15 is 0 Å². The zero-order valence-electron chi connectivity index (χ0n) is 16.3. The van der Waals surface area contributed by atoms with Crippen molar-refractivity contribution < 1.29 is 24.4 Å². The number of hydrogen-bond acceptors (Lipinski definition) is 5. The predicted molar refractivity (Wildman–Crippen MR) is 110 cm³/mol. The molecule has 0 spiro atoms. The Morgan fingerprint density at radius 3 is 2.46 bits per heavy atom. The first-order chi connectivity index (χ1) is 13.2. The molecule has 0 saturated heterocycles. The highest BCUT2D eigenvalue weighted by Gasteiger charge is 2.25. The maximum atomic E-state index is 12.4. The van der Waals surface area contributed by atoms with E-state index in [9.17, 15) is 14.4 Å². The van der Waals surface area contributed by atoms with Crippen LogP contribution in [0.15, 0.2) is 24.3 Å². The Bertz CT molecular complexity index is 877. The summed E-state index contributed by atoms with van der Waals surface area (Å²) in [6.07, 6.45) is 0. The first-order valence-electron chi connectivity index (χ1n) is 8.94. The molecule has 0 fully saturated rings. The Morgan fingerprint density at radius 2 is 1.89 bits per heavy atom. The van der Waals surface area contributed by atoms with Gasteiger partial charge in [0.1, 0.15) is 11.0 Å². The van der Waals surface area contributed by atoms with Gasteiger partial charge in [-0.25, -0.2) is 4.79 Å². The molecule has 1 aromatic carbocycles. The van der Waals surface area contributed by atoms with Crippen LogP contribution in [0.25, 0.3) is 0 Å². The maximum Gasteiger partial charge on any atom is 0.341 e. The third kappa shape index (κ3) is 5.41. The fraction of sp³-hybridized carbons (Fsp3) is 0.350. The fourth-order valence-corrected chi connectivity index (χ4v) is 3.98. The van der Waals surface area contributed by atoms with E-state index in [0.717, 1.165) is 16.9 Å². The first-order valence-corrected chi connectivity index (χ1v) is 10.1. The molecule has 3 N–H and O–H groups in total. The van der Waals surface area contributed by atoms with Crippen molar-refractivity contribution in [1.29, 1.82) is 0 Å². The summed E-state index contributed by atoms with van der Waals surface area (Å²) in [5.41, 5.74) is 1.83. The van der Waals surface area contributed by atoms with Crippen LogP contribution < -0.4 is 10.6 Å². The molecule has 2 aromatic rings. The number of thiophene rings is 1. The van der Waals surface area contributed by atoms with E-state index in [1.165, 1.54) is 6.92 Å². The second-order valence-corrected chi connectivity index (χ2v) is 7.82. The van der Waals surface area contributed by atoms with Crippen LogP contribution in [0.5, 0.6) is 0 Å². The molecular formula is C20H24ClN2O4S+. The number of rotatable bonds is 8. The average Bonchev–Trinajstić information content (AvgIpc) is 2.96. The number of esters is 1. The molecule has 0 unspecified atom stereocenters. The minimum Gasteiger partial charge on any atom is -0.462 e. The van der Waals surface area contributed by atoms with Crippen molar-refractivity contribution in [2.24, 2.45) is 0 Å². The van der Waals surface area contributed by atoms with Crippen molar-refractivity contribution >= 4 is 45.6 Å². The number of nitrogens with two attached hydrogens (primary N) is 1. The minimum absolute atomic E-state index is 0.0606. The average molecular weight is 424 g/mol. The number of carbonyl (C=O) groups is 3. The Kier molecular flexibility index (Phi) is 7.74. The number of ketones is 1. The maximum absolute atomic E-state index is 12.4. The number of nitrogens with one attached hydrogen (secondary N) is 1. The number of halogens is 1. The van der Waals surface area contributed by atoms with Crippen LogP contribution in [0, 0.1) is 6.92 Å². The van der Waals surface area contributed by atoms with Crippen LogP contribution in [0.3, 0.4) is 0 Å². The largest absolute Gasteiger partial charge is 0.462 e. The third-order valence-corrected chi connectivity index (χ3v) is 5.81. The molecule has 0 aliphatic heterocycles. The molecule has 0 aliphatic rings. The normalized spacial score (nSPS) is 11.8. The fourth-order valence-electron chi connectivity index (χ4n) is 2.75. The summed E-state index contributed by atoms with van der Waals surface area (Å²) in [6, 6.07) is 7.52. The number of carbonyl (C=O) groups excluding carboxylic acids is 3. The van der Waals surface area contributed by atoms with E-state index in [1.54, 1.807) is 13.8 Å². The van der Waals surface area contributed by atoms with Gasteiger partial charge in [-0.3, -0.25) is 9.59 Å². The minimum atomic E-state index is -0.544. The molecule has 1 heterocycles. The smallest absolute Gasteiger partial charge is 0.341 e. The first kappa shape index (κ1) is 22.1. The number of ether oxygens (including phenoxy) is 1. The van der Waals surface area contributed by atoms with E-state index in [0.29, 0.717) is 20.5 Å². The summed E-state index contributed by atoms with van der Waals surface area (Å²) in [6.45, 7) is 7.19. The highest BCUT2D eigenvalue weighted by molar-refractivity contribution is 7.18. The van der Waals surface area contributed by atoms with Gasteiger partial charge in [-0.15, -0.1) is 11.3 Å². The number of Topliss-reactive ketones (excluding diaryl/α,β-unsaturated/α-hetero) is 1. The highest BCUT2D eigenvalue weighted by Crippen LogP contribution is 2.34. The van der Waals surface area contributed by atoms with Crippen LogP contribution in [0.1, 0.15) is 58.0 Å². The monoisotopic (exact) mass is 423 g/mol. The van der Waals surface area contributed by atoms with E-state index in [1.807, 2.05) is 36.5 Å². The Morgan fingerprint density at radius 1 is 1.25 bits per heavy atom.